The highest BCUT2D eigenvalue weighted by Crippen LogP contribution is 2.23. The summed E-state index contributed by atoms with van der Waals surface area (Å²) in [6.45, 7) is 0.944. The second kappa shape index (κ2) is 8.75. The summed E-state index contributed by atoms with van der Waals surface area (Å²) in [5, 5.41) is 2.93. The van der Waals surface area contributed by atoms with E-state index in [1.807, 2.05) is 0 Å². The minimum absolute atomic E-state index is 0.116. The van der Waals surface area contributed by atoms with Crippen LogP contribution in [0.3, 0.4) is 0 Å². The van der Waals surface area contributed by atoms with E-state index >= 15 is 0 Å². The molecule has 0 unspecified atom stereocenters. The van der Waals surface area contributed by atoms with Gasteiger partial charge in [0.2, 0.25) is 5.78 Å². The van der Waals surface area contributed by atoms with Crippen molar-refractivity contribution in [3.63, 3.8) is 0 Å². The number of likely N-dealkylation sites (tertiary alicyclic amines) is 1. The van der Waals surface area contributed by atoms with Crippen molar-refractivity contribution < 1.29 is 18.7 Å². The predicted octanol–water partition coefficient (Wildman–Crippen LogP) is 3.80. The fourth-order valence-corrected chi connectivity index (χ4v) is 3.22. The molecule has 1 aromatic rings. The Bertz CT molecular complexity index is 663. The van der Waals surface area contributed by atoms with Gasteiger partial charge in [0.25, 0.3) is 0 Å². The minimum atomic E-state index is -0.380. The molecule has 1 aromatic carbocycles. The van der Waals surface area contributed by atoms with Crippen molar-refractivity contribution in [2.75, 3.05) is 25.5 Å². The van der Waals surface area contributed by atoms with Crippen LogP contribution in [0.15, 0.2) is 25.9 Å². The largest absolute Gasteiger partial charge is 0.453 e. The van der Waals surface area contributed by atoms with E-state index in [4.69, 9.17) is 0 Å². The summed E-state index contributed by atoms with van der Waals surface area (Å²) >= 11 is 4.87. The molecule has 1 amide bonds. The molecule has 1 N–H and O–H groups in total. The van der Waals surface area contributed by atoms with Crippen LogP contribution in [0.4, 0.5) is 14.9 Å². The first-order valence-corrected chi connectivity index (χ1v) is 9.00. The average Bonchev–Trinajstić information content (AvgIpc) is 2.61. The maximum atomic E-state index is 13.3. The van der Waals surface area contributed by atoms with Gasteiger partial charge in [0.15, 0.2) is 5.84 Å². The Morgan fingerprint density at radius 2 is 2.08 bits per heavy atom. The van der Waals surface area contributed by atoms with Gasteiger partial charge in [-0.1, -0.05) is 0 Å². The van der Waals surface area contributed by atoms with Crippen molar-refractivity contribution in [3.8, 4) is 0 Å². The zero-order valence-corrected chi connectivity index (χ0v) is 16.6. The van der Waals surface area contributed by atoms with Crippen LogP contribution >= 0.6 is 38.8 Å². The normalized spacial score (nSPS) is 16.0. The highest BCUT2D eigenvalue weighted by molar-refractivity contribution is 14.1. The molecule has 130 valence electrons. The van der Waals surface area contributed by atoms with Gasteiger partial charge in [-0.25, -0.2) is 9.18 Å². The van der Waals surface area contributed by atoms with Crippen molar-refractivity contribution in [2.45, 2.75) is 12.8 Å². The number of Topliss-reactive ketones (excluding diaryl/α,β-unsaturated/α-hetero) is 1. The lowest BCUT2D eigenvalue weighted by Crippen LogP contribution is -2.42. The number of amidine groups is 1. The molecule has 0 bridgehead atoms. The van der Waals surface area contributed by atoms with Crippen LogP contribution in [-0.4, -0.2) is 42.8 Å². The summed E-state index contributed by atoms with van der Waals surface area (Å²) in [5.41, 5.74) is 0.569. The van der Waals surface area contributed by atoms with E-state index < -0.39 is 0 Å². The number of hydrogen-bond acceptors (Lipinski definition) is 4. The Morgan fingerprint density at radius 3 is 2.62 bits per heavy atom. The van der Waals surface area contributed by atoms with Crippen molar-refractivity contribution in [1.29, 1.82) is 0 Å². The topological polar surface area (TPSA) is 71.0 Å². The van der Waals surface area contributed by atoms with Gasteiger partial charge in [0.1, 0.15) is 5.82 Å². The van der Waals surface area contributed by atoms with Gasteiger partial charge in [-0.05, 0) is 47.0 Å². The number of methoxy groups -OCH3 is 1. The summed E-state index contributed by atoms with van der Waals surface area (Å²) in [4.78, 5) is 25.7. The molecule has 0 atom stereocenters. The van der Waals surface area contributed by atoms with Gasteiger partial charge in [-0.2, -0.15) is 3.21 Å². The average molecular weight is 512 g/mol. The quantitative estimate of drug-likeness (QED) is 0.381. The molecule has 1 aliphatic rings. The summed E-state index contributed by atoms with van der Waals surface area (Å²) in [7, 11) is 1.34. The number of nitrogens with one attached hydrogen (secondary N) is 1. The van der Waals surface area contributed by atoms with Crippen molar-refractivity contribution in [2.24, 2.45) is 9.12 Å². The van der Waals surface area contributed by atoms with E-state index in [1.165, 1.54) is 19.2 Å². The number of ether oxygens (including phenoxy) is 1. The number of rotatable bonds is 3. The van der Waals surface area contributed by atoms with Crippen molar-refractivity contribution in [3.05, 3.63) is 28.5 Å². The lowest BCUT2D eigenvalue weighted by atomic mass is 9.92. The molecule has 0 saturated carbocycles. The van der Waals surface area contributed by atoms with Gasteiger partial charge in [-0.15, -0.1) is 0 Å². The number of carbonyl (C=O) groups is 2. The number of carbonyl (C=O) groups excluding carboxylic acids is 2. The highest BCUT2D eigenvalue weighted by Gasteiger charge is 2.30. The first-order chi connectivity index (χ1) is 11.5. The van der Waals surface area contributed by atoms with Crippen LogP contribution in [0.1, 0.15) is 12.8 Å². The Balaban J connectivity index is 1.99. The van der Waals surface area contributed by atoms with Gasteiger partial charge in [0.05, 0.1) is 34.4 Å². The summed E-state index contributed by atoms with van der Waals surface area (Å²) in [6, 6.07) is 4.38. The van der Waals surface area contributed by atoms with Crippen LogP contribution in [0, 0.1) is 11.7 Å². The van der Waals surface area contributed by atoms with Crippen LogP contribution in [0.5, 0.6) is 0 Å². The molecule has 1 aliphatic heterocycles. The Hall–Kier alpha value is -1.23. The molecule has 6 nitrogen and oxygen atoms in total. The number of amides is 1. The van der Waals surface area contributed by atoms with E-state index in [2.05, 4.69) is 29.2 Å². The fraction of sp³-hybridized carbons (Fsp3) is 0.400. The fourth-order valence-electron chi connectivity index (χ4n) is 2.48. The number of anilines is 1. The van der Waals surface area contributed by atoms with Gasteiger partial charge in [0, 0.05) is 24.7 Å². The zero-order valence-electron chi connectivity index (χ0n) is 12.9. The summed E-state index contributed by atoms with van der Waals surface area (Å²) < 4.78 is 22.3. The van der Waals surface area contributed by atoms with Crippen LogP contribution in [0.25, 0.3) is 0 Å². The van der Waals surface area contributed by atoms with E-state index in [0.717, 1.165) is 0 Å². The molecule has 0 radical (unpaired) electrons. The van der Waals surface area contributed by atoms with E-state index in [1.54, 1.807) is 33.8 Å². The number of benzene rings is 1. The molecule has 9 heteroatoms. The monoisotopic (exact) mass is 511 g/mol. The van der Waals surface area contributed by atoms with Crippen LogP contribution < -0.4 is 5.32 Å². The Morgan fingerprint density at radius 1 is 1.42 bits per heavy atom. The third-order valence-electron chi connectivity index (χ3n) is 3.80. The molecule has 0 aliphatic carbocycles. The predicted molar refractivity (Wildman–Crippen MR) is 101 cm³/mol. The van der Waals surface area contributed by atoms with E-state index in [-0.39, 0.29) is 29.4 Å². The zero-order chi connectivity index (χ0) is 17.7. The molecule has 24 heavy (non-hydrogen) atoms. The molecule has 1 saturated heterocycles. The lowest BCUT2D eigenvalue weighted by Gasteiger charge is -2.30. The molecular weight excluding hydrogens is 496 g/mol. The maximum Gasteiger partial charge on any atom is 0.409 e. The first kappa shape index (κ1) is 19.1. The molecule has 2 rings (SSSR count). The Kier molecular flexibility index (Phi) is 6.96. The molecule has 1 heterocycles. The van der Waals surface area contributed by atoms with Crippen molar-refractivity contribution in [1.82, 2.24) is 4.90 Å². The van der Waals surface area contributed by atoms with Crippen molar-refractivity contribution >= 4 is 62.2 Å². The van der Waals surface area contributed by atoms with E-state index in [0.29, 0.717) is 36.1 Å². The van der Waals surface area contributed by atoms with E-state index in [9.17, 15) is 14.0 Å². The Labute approximate surface area is 161 Å². The molecule has 1 fully saturated rings. The molecular formula is C15H16BrFIN3O3. The molecule has 0 aromatic heterocycles. The molecule has 0 spiro atoms. The van der Waals surface area contributed by atoms with Gasteiger partial charge in [-0.3, -0.25) is 4.79 Å². The number of hydrogen-bond donors (Lipinski definition) is 1. The maximum absolute atomic E-state index is 13.3. The lowest BCUT2D eigenvalue weighted by molar-refractivity contribution is -0.117. The number of nitrogens with zero attached hydrogens (tertiary/aromatic N) is 2. The standard InChI is InChI=1S/C15H16BrFIN3O3/c1-24-15(23)21-6-4-9(5-7-21)13(22)14(20-18)19-10-2-3-12(17)11(16)8-10/h2-3,8-9H,4-7H2,1H3,(H,19,20). The smallest absolute Gasteiger partial charge is 0.409 e. The third kappa shape index (κ3) is 4.65. The third-order valence-corrected chi connectivity index (χ3v) is 4.89. The highest BCUT2D eigenvalue weighted by atomic mass is 127. The second-order valence-corrected chi connectivity index (χ2v) is 6.62. The number of ketones is 1. The van der Waals surface area contributed by atoms with Gasteiger partial charge >= 0.3 is 6.09 Å². The summed E-state index contributed by atoms with van der Waals surface area (Å²) in [5.74, 6) is -0.495. The first-order valence-electron chi connectivity index (χ1n) is 7.24. The van der Waals surface area contributed by atoms with Crippen LogP contribution in [-0.2, 0) is 9.53 Å². The minimum Gasteiger partial charge on any atom is -0.453 e. The SMILES string of the molecule is COC(=O)N1CCC(C(=O)C(=NI)Nc2ccc(F)c(Br)c2)CC1. The second-order valence-electron chi connectivity index (χ2n) is 5.28. The van der Waals surface area contributed by atoms with Crippen LogP contribution in [0.2, 0.25) is 0 Å². The van der Waals surface area contributed by atoms with Gasteiger partial charge < -0.3 is 15.0 Å². The number of halogens is 3. The number of piperidine rings is 1. The summed E-state index contributed by atoms with van der Waals surface area (Å²) in [6.07, 6.45) is 0.731.